The smallest absolute Gasteiger partial charge is 0.263 e. The van der Waals surface area contributed by atoms with Crippen LogP contribution in [0.5, 0.6) is 5.75 Å². The molecule has 1 heterocycles. The molecule has 3 rings (SSSR count). The molecule has 6 nitrogen and oxygen atoms in total. The van der Waals surface area contributed by atoms with Crippen molar-refractivity contribution in [3.63, 3.8) is 0 Å². The highest BCUT2D eigenvalue weighted by Crippen LogP contribution is 2.21. The Balaban J connectivity index is 1.55. The van der Waals surface area contributed by atoms with Gasteiger partial charge in [-0.1, -0.05) is 23.7 Å². The number of carbonyl (C=O) groups is 2. The predicted octanol–water partition coefficient (Wildman–Crippen LogP) is 4.06. The topological polar surface area (TPSA) is 67.9 Å². The van der Waals surface area contributed by atoms with Crippen molar-refractivity contribution in [3.8, 4) is 5.75 Å². The van der Waals surface area contributed by atoms with Crippen LogP contribution in [0.2, 0.25) is 5.02 Å². The Morgan fingerprint density at radius 1 is 1.06 bits per heavy atom. The molecule has 2 aromatic carbocycles. The molecule has 1 saturated heterocycles. The molecule has 1 aliphatic rings. The molecule has 31 heavy (non-hydrogen) atoms. The maximum absolute atomic E-state index is 12.8. The minimum Gasteiger partial charge on any atom is -0.478 e. The highest BCUT2D eigenvalue weighted by atomic mass is 35.5. The molecule has 166 valence electrons. The average Bonchev–Trinajstić information content (AvgIpc) is 2.72. The lowest BCUT2D eigenvalue weighted by Gasteiger charge is -2.35. The van der Waals surface area contributed by atoms with Gasteiger partial charge in [0.05, 0.1) is 12.2 Å². The van der Waals surface area contributed by atoms with Crippen LogP contribution in [0.15, 0.2) is 48.5 Å². The number of benzene rings is 2. The van der Waals surface area contributed by atoms with Gasteiger partial charge in [-0.15, -0.1) is 0 Å². The number of hydrogen-bond acceptors (Lipinski definition) is 4. The van der Waals surface area contributed by atoms with E-state index < -0.39 is 5.60 Å². The summed E-state index contributed by atoms with van der Waals surface area (Å²) in [5.74, 6) is 0.327. The second-order valence-corrected chi connectivity index (χ2v) is 8.85. The van der Waals surface area contributed by atoms with E-state index in [1.165, 1.54) is 0 Å². The van der Waals surface area contributed by atoms with Crippen LogP contribution in [0.3, 0.4) is 0 Å². The lowest BCUT2D eigenvalue weighted by molar-refractivity contribution is -0.134. The van der Waals surface area contributed by atoms with Crippen molar-refractivity contribution >= 4 is 23.4 Å². The molecule has 2 atom stereocenters. The van der Waals surface area contributed by atoms with E-state index in [1.807, 2.05) is 30.9 Å². The number of rotatable bonds is 6. The Labute approximate surface area is 188 Å². The number of carbonyl (C=O) groups excluding carboxylic acids is 2. The molecule has 1 fully saturated rings. The van der Waals surface area contributed by atoms with E-state index in [4.69, 9.17) is 21.1 Å². The first-order chi connectivity index (χ1) is 14.6. The van der Waals surface area contributed by atoms with Gasteiger partial charge in [-0.3, -0.25) is 9.59 Å². The lowest BCUT2D eigenvalue weighted by atomic mass is 10.1. The minimum absolute atomic E-state index is 0.00455. The summed E-state index contributed by atoms with van der Waals surface area (Å²) in [6.45, 7) is 8.88. The fraction of sp³-hybridized carbons (Fsp3) is 0.417. The van der Waals surface area contributed by atoms with Crippen molar-refractivity contribution in [1.82, 2.24) is 10.2 Å². The molecule has 2 amide bonds. The maximum atomic E-state index is 12.8. The normalized spacial score (nSPS) is 19.1. The SMILES string of the molecule is CC1CN(C(=O)c2ccc(CNC(=O)C(C)(C)Oc3ccc(Cl)cc3)cc2)CC(C)O1. The fourth-order valence-electron chi connectivity index (χ4n) is 3.53. The fourth-order valence-corrected chi connectivity index (χ4v) is 3.66. The monoisotopic (exact) mass is 444 g/mol. The molecule has 0 radical (unpaired) electrons. The molecular weight excluding hydrogens is 416 g/mol. The van der Waals surface area contributed by atoms with Crippen molar-refractivity contribution in [2.24, 2.45) is 0 Å². The highest BCUT2D eigenvalue weighted by Gasteiger charge is 2.30. The zero-order valence-electron chi connectivity index (χ0n) is 18.4. The van der Waals surface area contributed by atoms with Gasteiger partial charge in [-0.05, 0) is 69.7 Å². The number of morpholine rings is 1. The maximum Gasteiger partial charge on any atom is 0.263 e. The summed E-state index contributed by atoms with van der Waals surface area (Å²) in [5, 5.41) is 3.50. The van der Waals surface area contributed by atoms with Gasteiger partial charge in [-0.25, -0.2) is 0 Å². The van der Waals surface area contributed by atoms with Crippen molar-refractivity contribution < 1.29 is 19.1 Å². The molecule has 2 unspecified atom stereocenters. The zero-order valence-corrected chi connectivity index (χ0v) is 19.1. The largest absolute Gasteiger partial charge is 0.478 e. The summed E-state index contributed by atoms with van der Waals surface area (Å²) < 4.78 is 11.5. The molecule has 0 aliphatic carbocycles. The Kier molecular flexibility index (Phi) is 7.23. The summed E-state index contributed by atoms with van der Waals surface area (Å²) in [6, 6.07) is 14.2. The predicted molar refractivity (Wildman–Crippen MR) is 120 cm³/mol. The van der Waals surface area contributed by atoms with Crippen LogP contribution in [0.1, 0.15) is 43.6 Å². The second kappa shape index (κ2) is 9.71. The first kappa shape index (κ1) is 23.1. The van der Waals surface area contributed by atoms with E-state index in [0.717, 1.165) is 5.56 Å². The van der Waals surface area contributed by atoms with Crippen molar-refractivity contribution in [2.75, 3.05) is 13.1 Å². The van der Waals surface area contributed by atoms with Gasteiger partial charge >= 0.3 is 0 Å². The summed E-state index contributed by atoms with van der Waals surface area (Å²) in [4.78, 5) is 27.2. The van der Waals surface area contributed by atoms with Gasteiger partial charge in [0.2, 0.25) is 0 Å². The summed E-state index contributed by atoms with van der Waals surface area (Å²) in [7, 11) is 0. The third kappa shape index (κ3) is 6.21. The van der Waals surface area contributed by atoms with Crippen LogP contribution in [0.4, 0.5) is 0 Å². The minimum atomic E-state index is -1.05. The number of halogens is 1. The van der Waals surface area contributed by atoms with E-state index in [9.17, 15) is 9.59 Å². The summed E-state index contributed by atoms with van der Waals surface area (Å²) >= 11 is 5.89. The highest BCUT2D eigenvalue weighted by molar-refractivity contribution is 6.30. The summed E-state index contributed by atoms with van der Waals surface area (Å²) in [5.41, 5.74) is 0.478. The third-order valence-electron chi connectivity index (χ3n) is 5.09. The van der Waals surface area contributed by atoms with E-state index in [0.29, 0.717) is 36.0 Å². The quantitative estimate of drug-likeness (QED) is 0.729. The lowest BCUT2D eigenvalue weighted by Crippen LogP contribution is -2.48. The third-order valence-corrected chi connectivity index (χ3v) is 5.35. The Bertz CT molecular complexity index is 902. The molecule has 0 spiro atoms. The number of nitrogens with one attached hydrogen (secondary N) is 1. The number of nitrogens with zero attached hydrogens (tertiary/aromatic N) is 1. The van der Waals surface area contributed by atoms with Crippen molar-refractivity contribution in [1.29, 1.82) is 0 Å². The molecule has 0 saturated carbocycles. The number of hydrogen-bond donors (Lipinski definition) is 1. The first-order valence-electron chi connectivity index (χ1n) is 10.4. The first-order valence-corrected chi connectivity index (χ1v) is 10.8. The van der Waals surface area contributed by atoms with E-state index in [1.54, 1.807) is 50.2 Å². The molecule has 2 aromatic rings. The van der Waals surface area contributed by atoms with Crippen LogP contribution < -0.4 is 10.1 Å². The summed E-state index contributed by atoms with van der Waals surface area (Å²) in [6.07, 6.45) is 0.0567. The molecular formula is C24H29ClN2O4. The van der Waals surface area contributed by atoms with Crippen LogP contribution in [0, 0.1) is 0 Å². The van der Waals surface area contributed by atoms with Crippen LogP contribution >= 0.6 is 11.6 Å². The van der Waals surface area contributed by atoms with Gasteiger partial charge in [0.1, 0.15) is 5.75 Å². The number of ether oxygens (including phenoxy) is 2. The van der Waals surface area contributed by atoms with Crippen LogP contribution in [-0.4, -0.2) is 47.6 Å². The van der Waals surface area contributed by atoms with E-state index >= 15 is 0 Å². The second-order valence-electron chi connectivity index (χ2n) is 8.41. The van der Waals surface area contributed by atoms with Gasteiger partial charge in [0, 0.05) is 30.2 Å². The van der Waals surface area contributed by atoms with Crippen molar-refractivity contribution in [2.45, 2.75) is 52.0 Å². The Hall–Kier alpha value is -2.57. The molecule has 1 N–H and O–H groups in total. The van der Waals surface area contributed by atoms with E-state index in [2.05, 4.69) is 5.32 Å². The zero-order chi connectivity index (χ0) is 22.6. The van der Waals surface area contributed by atoms with Crippen LogP contribution in [-0.2, 0) is 16.1 Å². The van der Waals surface area contributed by atoms with Gasteiger partial charge < -0.3 is 19.7 Å². The van der Waals surface area contributed by atoms with E-state index in [-0.39, 0.29) is 24.0 Å². The van der Waals surface area contributed by atoms with Gasteiger partial charge in [0.25, 0.3) is 11.8 Å². The Morgan fingerprint density at radius 3 is 2.23 bits per heavy atom. The van der Waals surface area contributed by atoms with Crippen molar-refractivity contribution in [3.05, 3.63) is 64.7 Å². The molecule has 1 aliphatic heterocycles. The van der Waals surface area contributed by atoms with Crippen LogP contribution in [0.25, 0.3) is 0 Å². The molecule has 0 aromatic heterocycles. The standard InChI is InChI=1S/C24H29ClN2O4/c1-16-14-27(15-17(2)30-16)22(28)19-7-5-18(6-8-19)13-26-23(29)24(3,4)31-21-11-9-20(25)10-12-21/h5-12,16-17H,13-15H2,1-4H3,(H,26,29). The molecule has 0 bridgehead atoms. The van der Waals surface area contributed by atoms with Gasteiger partial charge in [0.15, 0.2) is 5.60 Å². The average molecular weight is 445 g/mol. The Morgan fingerprint density at radius 2 is 1.65 bits per heavy atom. The number of amides is 2. The van der Waals surface area contributed by atoms with Gasteiger partial charge in [-0.2, -0.15) is 0 Å². The molecule has 7 heteroatoms.